The molecule has 4 nitrogen and oxygen atoms in total. The summed E-state index contributed by atoms with van der Waals surface area (Å²) in [6.45, 7) is 3.51. The molecule has 15 heavy (non-hydrogen) atoms. The van der Waals surface area contributed by atoms with E-state index in [2.05, 4.69) is 10.1 Å². The Kier molecular flexibility index (Phi) is 2.28. The predicted molar refractivity (Wildman–Crippen MR) is 56.6 cm³/mol. The summed E-state index contributed by atoms with van der Waals surface area (Å²) < 4.78 is 1.66. The maximum Gasteiger partial charge on any atom is 0.138 e. The van der Waals surface area contributed by atoms with E-state index in [1.165, 1.54) is 6.33 Å². The number of aliphatic hydroxyl groups is 1. The van der Waals surface area contributed by atoms with Crippen molar-refractivity contribution in [3.05, 3.63) is 42.5 Å². The molecule has 0 radical (unpaired) electrons. The molecule has 1 aromatic carbocycles. The minimum atomic E-state index is -0.837. The molecule has 0 spiro atoms. The minimum absolute atomic E-state index is 0.837. The van der Waals surface area contributed by atoms with E-state index in [-0.39, 0.29) is 0 Å². The fourth-order valence-electron chi connectivity index (χ4n) is 1.37. The van der Waals surface area contributed by atoms with Crippen LogP contribution in [0.1, 0.15) is 19.4 Å². The van der Waals surface area contributed by atoms with Gasteiger partial charge in [-0.05, 0) is 31.5 Å². The monoisotopic (exact) mass is 203 g/mol. The molecule has 1 heterocycles. The van der Waals surface area contributed by atoms with Crippen LogP contribution in [0.3, 0.4) is 0 Å². The van der Waals surface area contributed by atoms with Crippen LogP contribution in [0.25, 0.3) is 5.69 Å². The summed E-state index contributed by atoms with van der Waals surface area (Å²) in [4.78, 5) is 3.88. The average Bonchev–Trinajstić information content (AvgIpc) is 2.69. The van der Waals surface area contributed by atoms with Gasteiger partial charge in [-0.2, -0.15) is 5.10 Å². The van der Waals surface area contributed by atoms with Crippen LogP contribution >= 0.6 is 0 Å². The number of benzene rings is 1. The Morgan fingerprint density at radius 1 is 1.33 bits per heavy atom. The molecule has 0 unspecified atom stereocenters. The second-order valence-electron chi connectivity index (χ2n) is 3.95. The van der Waals surface area contributed by atoms with Crippen molar-refractivity contribution in [1.29, 1.82) is 0 Å². The van der Waals surface area contributed by atoms with Crippen molar-refractivity contribution >= 4 is 0 Å². The summed E-state index contributed by atoms with van der Waals surface area (Å²) in [6, 6.07) is 7.60. The molecule has 0 fully saturated rings. The molecular weight excluding hydrogens is 190 g/mol. The van der Waals surface area contributed by atoms with Gasteiger partial charge in [-0.3, -0.25) is 0 Å². The first-order valence-corrected chi connectivity index (χ1v) is 4.75. The molecule has 0 saturated heterocycles. The maximum absolute atomic E-state index is 9.87. The minimum Gasteiger partial charge on any atom is -0.386 e. The van der Waals surface area contributed by atoms with Crippen LogP contribution in [0.15, 0.2) is 36.9 Å². The molecule has 78 valence electrons. The lowest BCUT2D eigenvalue weighted by molar-refractivity contribution is 0.0786. The van der Waals surface area contributed by atoms with Crippen molar-refractivity contribution in [2.45, 2.75) is 19.4 Å². The molecule has 0 saturated carbocycles. The van der Waals surface area contributed by atoms with Gasteiger partial charge in [0.1, 0.15) is 12.7 Å². The molecule has 2 aromatic rings. The van der Waals surface area contributed by atoms with Gasteiger partial charge in [-0.25, -0.2) is 9.67 Å². The quantitative estimate of drug-likeness (QED) is 0.804. The van der Waals surface area contributed by atoms with E-state index >= 15 is 0 Å². The predicted octanol–water partition coefficient (Wildman–Crippen LogP) is 1.49. The Hall–Kier alpha value is -1.68. The van der Waals surface area contributed by atoms with E-state index in [1.807, 2.05) is 24.3 Å². The number of rotatable bonds is 2. The average molecular weight is 203 g/mol. The third kappa shape index (κ3) is 2.05. The number of hydrogen-bond donors (Lipinski definition) is 1. The summed E-state index contributed by atoms with van der Waals surface area (Å²) in [5, 5.41) is 13.9. The molecule has 0 atom stereocenters. The molecule has 0 amide bonds. The Bertz CT molecular complexity index is 443. The highest BCUT2D eigenvalue weighted by atomic mass is 16.3. The molecular formula is C11H13N3O. The lowest BCUT2D eigenvalue weighted by Crippen LogP contribution is -2.15. The third-order valence-corrected chi connectivity index (χ3v) is 2.24. The van der Waals surface area contributed by atoms with Gasteiger partial charge in [0.15, 0.2) is 0 Å². The van der Waals surface area contributed by atoms with E-state index in [0.29, 0.717) is 0 Å². The van der Waals surface area contributed by atoms with Crippen LogP contribution in [0, 0.1) is 0 Å². The lowest BCUT2D eigenvalue weighted by Gasteiger charge is -2.18. The Labute approximate surface area is 88.2 Å². The molecule has 0 aliphatic rings. The van der Waals surface area contributed by atoms with Crippen LogP contribution in [0.4, 0.5) is 0 Å². The molecule has 2 rings (SSSR count). The Morgan fingerprint density at radius 3 is 2.73 bits per heavy atom. The van der Waals surface area contributed by atoms with E-state index in [4.69, 9.17) is 0 Å². The summed E-state index contributed by atoms with van der Waals surface area (Å²) in [6.07, 6.45) is 3.11. The van der Waals surface area contributed by atoms with Gasteiger partial charge in [0, 0.05) is 0 Å². The molecule has 4 heteroatoms. The van der Waals surface area contributed by atoms with E-state index < -0.39 is 5.60 Å². The molecule has 1 aromatic heterocycles. The second-order valence-corrected chi connectivity index (χ2v) is 3.95. The zero-order valence-corrected chi connectivity index (χ0v) is 8.75. The van der Waals surface area contributed by atoms with Crippen molar-refractivity contribution in [1.82, 2.24) is 14.8 Å². The van der Waals surface area contributed by atoms with E-state index in [9.17, 15) is 5.11 Å². The van der Waals surface area contributed by atoms with Crippen LogP contribution in [-0.2, 0) is 5.60 Å². The van der Waals surface area contributed by atoms with Gasteiger partial charge in [0.05, 0.1) is 11.3 Å². The van der Waals surface area contributed by atoms with Crippen LogP contribution < -0.4 is 0 Å². The van der Waals surface area contributed by atoms with Crippen molar-refractivity contribution in [2.24, 2.45) is 0 Å². The fraction of sp³-hybridized carbons (Fsp3) is 0.273. The first kappa shape index (κ1) is 9.86. The summed E-state index contributed by atoms with van der Waals surface area (Å²) in [5.41, 5.74) is 0.916. The van der Waals surface area contributed by atoms with Crippen LogP contribution in [0.2, 0.25) is 0 Å². The smallest absolute Gasteiger partial charge is 0.138 e. The van der Waals surface area contributed by atoms with Crippen LogP contribution in [-0.4, -0.2) is 19.9 Å². The van der Waals surface area contributed by atoms with Crippen molar-refractivity contribution in [3.63, 3.8) is 0 Å². The highest BCUT2D eigenvalue weighted by Crippen LogP contribution is 2.21. The topological polar surface area (TPSA) is 50.9 Å². The number of aromatic nitrogens is 3. The van der Waals surface area contributed by atoms with Gasteiger partial charge in [0.2, 0.25) is 0 Å². The highest BCUT2D eigenvalue weighted by molar-refractivity contribution is 5.36. The van der Waals surface area contributed by atoms with Crippen molar-refractivity contribution < 1.29 is 5.11 Å². The molecule has 0 aliphatic heterocycles. The number of hydrogen-bond acceptors (Lipinski definition) is 3. The van der Waals surface area contributed by atoms with Gasteiger partial charge < -0.3 is 5.11 Å². The first-order valence-electron chi connectivity index (χ1n) is 4.75. The van der Waals surface area contributed by atoms with Crippen LogP contribution in [0.5, 0.6) is 0 Å². The van der Waals surface area contributed by atoms with Crippen molar-refractivity contribution in [2.75, 3.05) is 0 Å². The van der Waals surface area contributed by atoms with E-state index in [1.54, 1.807) is 24.9 Å². The lowest BCUT2D eigenvalue weighted by atomic mass is 9.98. The molecule has 0 aliphatic carbocycles. The van der Waals surface area contributed by atoms with Gasteiger partial charge >= 0.3 is 0 Å². The molecule has 1 N–H and O–H groups in total. The standard InChI is InChI=1S/C11H13N3O/c1-11(2,15)9-4-3-5-10(6-9)14-8-12-7-13-14/h3-8,15H,1-2H3. The highest BCUT2D eigenvalue weighted by Gasteiger charge is 2.16. The normalized spacial score (nSPS) is 11.7. The van der Waals surface area contributed by atoms with Crippen molar-refractivity contribution in [3.8, 4) is 5.69 Å². The van der Waals surface area contributed by atoms with Gasteiger partial charge in [-0.1, -0.05) is 12.1 Å². The summed E-state index contributed by atoms with van der Waals surface area (Å²) >= 11 is 0. The molecule has 0 bridgehead atoms. The first-order chi connectivity index (χ1) is 7.07. The largest absolute Gasteiger partial charge is 0.386 e. The van der Waals surface area contributed by atoms with Gasteiger partial charge in [-0.15, -0.1) is 0 Å². The van der Waals surface area contributed by atoms with E-state index in [0.717, 1.165) is 11.3 Å². The maximum atomic E-state index is 9.87. The zero-order chi connectivity index (χ0) is 10.9. The summed E-state index contributed by atoms with van der Waals surface area (Å²) in [7, 11) is 0. The second kappa shape index (κ2) is 3.47. The number of nitrogens with zero attached hydrogens (tertiary/aromatic N) is 3. The van der Waals surface area contributed by atoms with Gasteiger partial charge in [0.25, 0.3) is 0 Å². The third-order valence-electron chi connectivity index (χ3n) is 2.24. The Balaban J connectivity index is 2.44. The summed E-state index contributed by atoms with van der Waals surface area (Å²) in [5.74, 6) is 0. The zero-order valence-electron chi connectivity index (χ0n) is 8.75. The Morgan fingerprint density at radius 2 is 2.13 bits per heavy atom. The SMILES string of the molecule is CC(C)(O)c1cccc(-n2cncn2)c1. The fourth-order valence-corrected chi connectivity index (χ4v) is 1.37.